The van der Waals surface area contributed by atoms with Crippen molar-refractivity contribution in [3.8, 4) is 21.6 Å². The van der Waals surface area contributed by atoms with Gasteiger partial charge < -0.3 is 4.74 Å². The van der Waals surface area contributed by atoms with Crippen LogP contribution >= 0.6 is 22.7 Å². The van der Waals surface area contributed by atoms with Gasteiger partial charge in [0.2, 0.25) is 5.13 Å². The number of azo groups is 1. The van der Waals surface area contributed by atoms with E-state index in [1.54, 1.807) is 19.2 Å². The second-order valence-electron chi connectivity index (χ2n) is 6.07. The SMILES string of the molecule is CCOc1ccccc1N=Nc1c(C)[nH]n(-c2nc(-c3nccs3)c(C)s2)c1=O. The van der Waals surface area contributed by atoms with Gasteiger partial charge in [0.15, 0.2) is 5.69 Å². The molecule has 4 rings (SSSR count). The van der Waals surface area contributed by atoms with Crippen LogP contribution in [0.5, 0.6) is 5.75 Å². The fraction of sp³-hybridized carbons (Fsp3) is 0.211. The summed E-state index contributed by atoms with van der Waals surface area (Å²) in [5, 5.41) is 14.7. The molecule has 0 atom stereocenters. The number of hydrogen-bond donors (Lipinski definition) is 1. The van der Waals surface area contributed by atoms with Crippen molar-refractivity contribution >= 4 is 34.0 Å². The van der Waals surface area contributed by atoms with E-state index in [1.165, 1.54) is 27.4 Å². The van der Waals surface area contributed by atoms with Gasteiger partial charge in [-0.05, 0) is 32.9 Å². The Balaban J connectivity index is 1.70. The number of aromatic nitrogens is 4. The van der Waals surface area contributed by atoms with E-state index in [0.29, 0.717) is 28.9 Å². The van der Waals surface area contributed by atoms with Crippen molar-refractivity contribution in [2.24, 2.45) is 10.2 Å². The van der Waals surface area contributed by atoms with Crippen LogP contribution < -0.4 is 10.3 Å². The molecule has 0 fully saturated rings. The Morgan fingerprint density at radius 1 is 1.24 bits per heavy atom. The van der Waals surface area contributed by atoms with Gasteiger partial charge in [-0.1, -0.05) is 23.5 Å². The van der Waals surface area contributed by atoms with Crippen molar-refractivity contribution in [2.75, 3.05) is 6.61 Å². The highest BCUT2D eigenvalue weighted by Gasteiger charge is 2.18. The first-order valence-corrected chi connectivity index (χ1v) is 10.6. The number of ether oxygens (including phenoxy) is 1. The molecule has 0 aliphatic rings. The predicted molar refractivity (Wildman–Crippen MR) is 114 cm³/mol. The number of aryl methyl sites for hydroxylation is 2. The third kappa shape index (κ3) is 3.76. The molecule has 0 spiro atoms. The minimum absolute atomic E-state index is 0.236. The van der Waals surface area contributed by atoms with Crippen LogP contribution in [0.3, 0.4) is 0 Å². The van der Waals surface area contributed by atoms with Crippen LogP contribution in [0.25, 0.3) is 15.8 Å². The van der Waals surface area contributed by atoms with Crippen molar-refractivity contribution in [1.29, 1.82) is 0 Å². The molecule has 4 aromatic rings. The van der Waals surface area contributed by atoms with Gasteiger partial charge in [-0.2, -0.15) is 4.68 Å². The van der Waals surface area contributed by atoms with Gasteiger partial charge in [0, 0.05) is 16.5 Å². The highest BCUT2D eigenvalue weighted by molar-refractivity contribution is 7.16. The summed E-state index contributed by atoms with van der Waals surface area (Å²) in [6, 6.07) is 7.32. The van der Waals surface area contributed by atoms with E-state index in [1.807, 2.05) is 37.4 Å². The average Bonchev–Trinajstić information content (AvgIpc) is 3.42. The minimum atomic E-state index is -0.306. The standard InChI is InChI=1S/C19H18N6O2S2/c1-4-27-14-8-6-5-7-13(14)22-23-15-11(2)24-25(18(15)26)19-21-16(12(3)29-19)17-20-9-10-28-17/h5-10,24H,4H2,1-3H3. The zero-order valence-electron chi connectivity index (χ0n) is 16.0. The van der Waals surface area contributed by atoms with Crippen molar-refractivity contribution < 1.29 is 4.74 Å². The van der Waals surface area contributed by atoms with Gasteiger partial charge in [-0.15, -0.1) is 21.6 Å². The fourth-order valence-electron chi connectivity index (χ4n) is 2.73. The molecule has 0 unspecified atom stereocenters. The lowest BCUT2D eigenvalue weighted by Crippen LogP contribution is -2.13. The predicted octanol–water partition coefficient (Wildman–Crippen LogP) is 5.18. The number of benzene rings is 1. The maximum atomic E-state index is 12.9. The molecule has 0 aliphatic heterocycles. The lowest BCUT2D eigenvalue weighted by Gasteiger charge is -2.04. The summed E-state index contributed by atoms with van der Waals surface area (Å²) in [4.78, 5) is 22.8. The number of nitrogens with one attached hydrogen (secondary N) is 1. The van der Waals surface area contributed by atoms with Gasteiger partial charge in [-0.3, -0.25) is 9.89 Å². The molecule has 29 heavy (non-hydrogen) atoms. The van der Waals surface area contributed by atoms with Crippen LogP contribution in [0.2, 0.25) is 0 Å². The van der Waals surface area contributed by atoms with Crippen LogP contribution in [-0.4, -0.2) is 26.4 Å². The van der Waals surface area contributed by atoms with Gasteiger partial charge in [0.05, 0.1) is 12.3 Å². The van der Waals surface area contributed by atoms with E-state index < -0.39 is 0 Å². The molecular formula is C19H18N6O2S2. The molecule has 10 heteroatoms. The summed E-state index contributed by atoms with van der Waals surface area (Å²) in [5.74, 6) is 0.621. The van der Waals surface area contributed by atoms with Crippen molar-refractivity contribution in [1.82, 2.24) is 19.7 Å². The normalized spacial score (nSPS) is 11.4. The quantitative estimate of drug-likeness (QED) is 0.430. The molecule has 0 saturated heterocycles. The van der Waals surface area contributed by atoms with E-state index >= 15 is 0 Å². The maximum Gasteiger partial charge on any atom is 0.301 e. The first-order chi connectivity index (χ1) is 14.1. The van der Waals surface area contributed by atoms with Crippen LogP contribution in [-0.2, 0) is 0 Å². The molecule has 3 aromatic heterocycles. The molecule has 148 valence electrons. The molecule has 0 amide bonds. The van der Waals surface area contributed by atoms with E-state index in [9.17, 15) is 4.79 Å². The number of thiazole rings is 2. The Hall–Kier alpha value is -3.11. The maximum absolute atomic E-state index is 12.9. The molecule has 8 nitrogen and oxygen atoms in total. The third-order valence-electron chi connectivity index (χ3n) is 4.07. The molecule has 0 radical (unpaired) electrons. The van der Waals surface area contributed by atoms with E-state index in [4.69, 9.17) is 4.74 Å². The summed E-state index contributed by atoms with van der Waals surface area (Å²) < 4.78 is 6.95. The molecule has 1 N–H and O–H groups in total. The van der Waals surface area contributed by atoms with Crippen LogP contribution in [0.1, 0.15) is 17.5 Å². The lowest BCUT2D eigenvalue weighted by molar-refractivity contribution is 0.341. The zero-order chi connectivity index (χ0) is 20.4. The molecule has 0 bridgehead atoms. The van der Waals surface area contributed by atoms with E-state index in [-0.39, 0.29) is 11.2 Å². The zero-order valence-corrected chi connectivity index (χ0v) is 17.7. The van der Waals surface area contributed by atoms with Crippen LogP contribution in [0.4, 0.5) is 11.4 Å². The Bertz CT molecular complexity index is 1220. The summed E-state index contributed by atoms with van der Waals surface area (Å²) in [6.07, 6.45) is 1.74. The molecule has 3 heterocycles. The summed E-state index contributed by atoms with van der Waals surface area (Å²) in [5.41, 5.74) is 1.89. The number of aromatic amines is 1. The summed E-state index contributed by atoms with van der Waals surface area (Å²) in [7, 11) is 0. The van der Waals surface area contributed by atoms with Crippen LogP contribution in [0, 0.1) is 13.8 Å². The molecular weight excluding hydrogens is 408 g/mol. The highest BCUT2D eigenvalue weighted by atomic mass is 32.1. The van der Waals surface area contributed by atoms with Crippen molar-refractivity contribution in [2.45, 2.75) is 20.8 Å². The largest absolute Gasteiger partial charge is 0.492 e. The first kappa shape index (κ1) is 19.2. The van der Waals surface area contributed by atoms with E-state index in [2.05, 4.69) is 25.3 Å². The van der Waals surface area contributed by atoms with Crippen LogP contribution in [0.15, 0.2) is 50.9 Å². The highest BCUT2D eigenvalue weighted by Crippen LogP contribution is 2.31. The van der Waals surface area contributed by atoms with Gasteiger partial charge in [-0.25, -0.2) is 9.97 Å². The summed E-state index contributed by atoms with van der Waals surface area (Å²) >= 11 is 2.93. The average molecular weight is 427 g/mol. The molecule has 0 aliphatic carbocycles. The van der Waals surface area contributed by atoms with Gasteiger partial charge >= 0.3 is 5.56 Å². The van der Waals surface area contributed by atoms with Crippen molar-refractivity contribution in [3.63, 3.8) is 0 Å². The van der Waals surface area contributed by atoms with Gasteiger partial charge in [0.25, 0.3) is 0 Å². The monoisotopic (exact) mass is 426 g/mol. The number of para-hydroxylation sites is 1. The second kappa shape index (κ2) is 8.10. The smallest absolute Gasteiger partial charge is 0.301 e. The molecule has 1 aromatic carbocycles. The number of hydrogen-bond acceptors (Lipinski definition) is 8. The summed E-state index contributed by atoms with van der Waals surface area (Å²) in [6.45, 7) is 6.17. The number of H-pyrrole nitrogens is 1. The van der Waals surface area contributed by atoms with Crippen molar-refractivity contribution in [3.05, 3.63) is 56.8 Å². The third-order valence-corrected chi connectivity index (χ3v) is 5.81. The molecule has 0 saturated carbocycles. The lowest BCUT2D eigenvalue weighted by atomic mass is 10.3. The number of rotatable bonds is 6. The second-order valence-corrected chi connectivity index (χ2v) is 8.14. The Kier molecular flexibility index (Phi) is 5.36. The Morgan fingerprint density at radius 3 is 2.83 bits per heavy atom. The topological polar surface area (TPSA) is 97.5 Å². The number of nitrogens with zero attached hydrogens (tertiary/aromatic N) is 5. The Labute approximate surface area is 174 Å². The minimum Gasteiger partial charge on any atom is -0.492 e. The fourth-order valence-corrected chi connectivity index (χ4v) is 4.35. The Morgan fingerprint density at radius 2 is 2.07 bits per heavy atom. The van der Waals surface area contributed by atoms with E-state index in [0.717, 1.165) is 15.6 Å². The van der Waals surface area contributed by atoms with Gasteiger partial charge in [0.1, 0.15) is 22.1 Å². The first-order valence-electron chi connectivity index (χ1n) is 8.91.